The van der Waals surface area contributed by atoms with E-state index in [1.165, 1.54) is 21.1 Å². The molecule has 7 nitrogen and oxygen atoms in total. The van der Waals surface area contributed by atoms with E-state index in [0.717, 1.165) is 4.57 Å². The van der Waals surface area contributed by atoms with Gasteiger partial charge in [-0.1, -0.05) is 12.1 Å². The summed E-state index contributed by atoms with van der Waals surface area (Å²) in [5.74, 6) is 0.299. The number of aromatic nitrogens is 3. The van der Waals surface area contributed by atoms with Gasteiger partial charge in [-0.15, -0.1) is 0 Å². The lowest BCUT2D eigenvalue weighted by Crippen LogP contribution is -2.61. The van der Waals surface area contributed by atoms with Gasteiger partial charge in [-0.3, -0.25) is 4.79 Å². The third-order valence-electron chi connectivity index (χ3n) is 3.80. The number of nitrogens with zero attached hydrogens (tertiary/aromatic N) is 4. The molecule has 0 fully saturated rings. The Morgan fingerprint density at radius 3 is 2.48 bits per heavy atom. The second-order valence-corrected chi connectivity index (χ2v) is 5.11. The van der Waals surface area contributed by atoms with Gasteiger partial charge in [0, 0.05) is 7.05 Å². The Morgan fingerprint density at radius 1 is 1.10 bits per heavy atom. The fourth-order valence-corrected chi connectivity index (χ4v) is 2.59. The summed E-state index contributed by atoms with van der Waals surface area (Å²) in [6.07, 6.45) is 0. The third-order valence-corrected chi connectivity index (χ3v) is 3.80. The van der Waals surface area contributed by atoms with Crippen LogP contribution in [0.4, 0.5) is 0 Å². The highest BCUT2D eigenvalue weighted by Gasteiger charge is 2.32. The average Bonchev–Trinajstić information content (AvgIpc) is 2.60. The third kappa shape index (κ3) is 1.74. The van der Waals surface area contributed by atoms with E-state index in [9.17, 15) is 14.4 Å². The van der Waals surface area contributed by atoms with Crippen molar-refractivity contribution < 1.29 is 9.36 Å². The molecule has 0 saturated carbocycles. The summed E-state index contributed by atoms with van der Waals surface area (Å²) in [6, 6.07) is 6.91. The minimum atomic E-state index is -0.455. The SMILES string of the molecule is CN1Cc2n(c(=O)n(C)c(=O)[n+]2C)-c2ccccc2C1=O. The number of para-hydroxylation sites is 1. The van der Waals surface area contributed by atoms with E-state index in [-0.39, 0.29) is 12.5 Å². The second-order valence-electron chi connectivity index (χ2n) is 5.11. The number of rotatable bonds is 0. The maximum Gasteiger partial charge on any atom is 0.453 e. The van der Waals surface area contributed by atoms with Crippen LogP contribution in [0.5, 0.6) is 0 Å². The molecule has 0 bridgehead atoms. The van der Waals surface area contributed by atoms with Crippen LogP contribution in [0.25, 0.3) is 5.69 Å². The molecule has 108 valence electrons. The lowest BCUT2D eigenvalue weighted by Gasteiger charge is -2.13. The van der Waals surface area contributed by atoms with Gasteiger partial charge in [0.15, 0.2) is 0 Å². The molecule has 2 aromatic rings. The number of carbonyl (C=O) groups excluding carboxylic acids is 1. The van der Waals surface area contributed by atoms with Crippen LogP contribution in [-0.4, -0.2) is 27.0 Å². The summed E-state index contributed by atoms with van der Waals surface area (Å²) in [6.45, 7) is 0.190. The minimum absolute atomic E-state index is 0.177. The predicted octanol–water partition coefficient (Wildman–Crippen LogP) is -1.05. The number of amides is 1. The summed E-state index contributed by atoms with van der Waals surface area (Å²) < 4.78 is 3.86. The summed E-state index contributed by atoms with van der Waals surface area (Å²) in [4.78, 5) is 38.5. The van der Waals surface area contributed by atoms with Crippen molar-refractivity contribution in [3.05, 3.63) is 56.6 Å². The predicted molar refractivity (Wildman–Crippen MR) is 74.3 cm³/mol. The van der Waals surface area contributed by atoms with Crippen molar-refractivity contribution in [1.29, 1.82) is 0 Å². The first-order chi connectivity index (χ1) is 9.93. The summed E-state index contributed by atoms with van der Waals surface area (Å²) in [7, 11) is 4.67. The zero-order chi connectivity index (χ0) is 15.3. The van der Waals surface area contributed by atoms with E-state index in [1.54, 1.807) is 38.4 Å². The van der Waals surface area contributed by atoms with Crippen molar-refractivity contribution in [3.63, 3.8) is 0 Å². The highest BCUT2D eigenvalue weighted by molar-refractivity contribution is 5.98. The number of hydrogen-bond donors (Lipinski definition) is 0. The first-order valence-corrected chi connectivity index (χ1v) is 6.49. The van der Waals surface area contributed by atoms with E-state index in [0.29, 0.717) is 17.1 Å². The molecule has 0 N–H and O–H groups in total. The van der Waals surface area contributed by atoms with Crippen LogP contribution in [0.15, 0.2) is 33.9 Å². The van der Waals surface area contributed by atoms with Crippen molar-refractivity contribution in [2.45, 2.75) is 6.54 Å². The summed E-state index contributed by atoms with van der Waals surface area (Å²) >= 11 is 0. The monoisotopic (exact) mass is 287 g/mol. The Kier molecular flexibility index (Phi) is 2.79. The maximum atomic E-state index is 12.5. The Hall–Kier alpha value is -2.70. The van der Waals surface area contributed by atoms with Gasteiger partial charge in [-0.2, -0.15) is 9.13 Å². The molecule has 3 rings (SSSR count). The highest BCUT2D eigenvalue weighted by Crippen LogP contribution is 2.19. The van der Waals surface area contributed by atoms with Gasteiger partial charge in [-0.05, 0) is 12.1 Å². The molecular formula is C14H15N4O3+. The van der Waals surface area contributed by atoms with Gasteiger partial charge in [0.2, 0.25) is 5.82 Å². The lowest BCUT2D eigenvalue weighted by atomic mass is 10.1. The first kappa shape index (κ1) is 13.3. The van der Waals surface area contributed by atoms with Crippen molar-refractivity contribution in [1.82, 2.24) is 14.0 Å². The molecule has 0 unspecified atom stereocenters. The Labute approximate surface area is 120 Å². The lowest BCUT2D eigenvalue weighted by molar-refractivity contribution is -0.703. The molecule has 1 amide bonds. The molecule has 1 aliphatic heterocycles. The standard InChI is InChI=1S/C14H15N4O3/c1-15-8-11-16(2)13(20)17(3)14(21)18(11)10-7-5-4-6-9(10)12(15)19/h4-7H,8H2,1-3H3/q+1. The average molecular weight is 287 g/mol. The molecule has 0 radical (unpaired) electrons. The molecule has 1 aromatic carbocycles. The summed E-state index contributed by atoms with van der Waals surface area (Å²) in [5, 5.41) is 0. The van der Waals surface area contributed by atoms with Crippen LogP contribution in [0, 0.1) is 0 Å². The molecule has 1 aromatic heterocycles. The molecule has 7 heteroatoms. The number of fused-ring (bicyclic) bond motifs is 3. The molecule has 1 aliphatic rings. The van der Waals surface area contributed by atoms with E-state index < -0.39 is 11.4 Å². The zero-order valence-corrected chi connectivity index (χ0v) is 12.0. The van der Waals surface area contributed by atoms with Gasteiger partial charge < -0.3 is 4.90 Å². The van der Waals surface area contributed by atoms with E-state index >= 15 is 0 Å². The normalized spacial score (nSPS) is 13.7. The molecule has 0 saturated heterocycles. The van der Waals surface area contributed by atoms with Crippen LogP contribution in [-0.2, 0) is 20.6 Å². The molecule has 0 spiro atoms. The fraction of sp³-hybridized carbons (Fsp3) is 0.286. The van der Waals surface area contributed by atoms with Gasteiger partial charge in [0.25, 0.3) is 5.91 Å². The Bertz CT molecular complexity index is 879. The number of carbonyl (C=O) groups is 1. The van der Waals surface area contributed by atoms with Gasteiger partial charge >= 0.3 is 11.4 Å². The minimum Gasteiger partial charge on any atom is -0.331 e. The van der Waals surface area contributed by atoms with E-state index in [4.69, 9.17) is 0 Å². The number of hydrogen-bond acceptors (Lipinski definition) is 3. The number of benzene rings is 1. The molecular weight excluding hydrogens is 272 g/mol. The van der Waals surface area contributed by atoms with Crippen LogP contribution in [0.2, 0.25) is 0 Å². The van der Waals surface area contributed by atoms with Gasteiger partial charge in [0.1, 0.15) is 12.2 Å². The zero-order valence-electron chi connectivity index (χ0n) is 12.0. The highest BCUT2D eigenvalue weighted by atomic mass is 16.2. The Balaban J connectivity index is 2.53. The van der Waals surface area contributed by atoms with Crippen LogP contribution >= 0.6 is 0 Å². The Morgan fingerprint density at radius 2 is 1.76 bits per heavy atom. The van der Waals surface area contributed by atoms with Crippen molar-refractivity contribution in [3.8, 4) is 5.69 Å². The first-order valence-electron chi connectivity index (χ1n) is 6.49. The molecule has 0 atom stereocenters. The van der Waals surface area contributed by atoms with Gasteiger partial charge in [0.05, 0.1) is 19.7 Å². The van der Waals surface area contributed by atoms with E-state index in [2.05, 4.69) is 0 Å². The molecule has 0 aliphatic carbocycles. The fourth-order valence-electron chi connectivity index (χ4n) is 2.59. The largest absolute Gasteiger partial charge is 0.453 e. The smallest absolute Gasteiger partial charge is 0.331 e. The van der Waals surface area contributed by atoms with Crippen LogP contribution in [0.3, 0.4) is 0 Å². The second kappa shape index (κ2) is 4.41. The van der Waals surface area contributed by atoms with E-state index in [1.807, 2.05) is 0 Å². The quantitative estimate of drug-likeness (QED) is 0.580. The topological polar surface area (TPSA) is 68.2 Å². The van der Waals surface area contributed by atoms with Crippen molar-refractivity contribution in [2.75, 3.05) is 7.05 Å². The molecule has 21 heavy (non-hydrogen) atoms. The van der Waals surface area contributed by atoms with Crippen LogP contribution < -0.4 is 15.9 Å². The van der Waals surface area contributed by atoms with Gasteiger partial charge in [-0.25, -0.2) is 14.2 Å². The van der Waals surface area contributed by atoms with Crippen LogP contribution in [0.1, 0.15) is 16.2 Å². The van der Waals surface area contributed by atoms with Crippen molar-refractivity contribution in [2.24, 2.45) is 14.1 Å². The molecule has 2 heterocycles. The summed E-state index contributed by atoms with van der Waals surface area (Å²) in [5.41, 5.74) is 0.0766. The maximum absolute atomic E-state index is 12.5. The van der Waals surface area contributed by atoms with Crippen molar-refractivity contribution >= 4 is 5.91 Å².